The zero-order chi connectivity index (χ0) is 14.8. The third-order valence-electron chi connectivity index (χ3n) is 4.04. The molecule has 1 aliphatic rings. The highest BCUT2D eigenvalue weighted by Gasteiger charge is 2.21. The van der Waals surface area contributed by atoms with Crippen LogP contribution in [0, 0.1) is 0 Å². The molecule has 4 heteroatoms. The molecule has 1 unspecified atom stereocenters. The van der Waals surface area contributed by atoms with Gasteiger partial charge in [0, 0.05) is 25.3 Å². The van der Waals surface area contributed by atoms with E-state index in [4.69, 9.17) is 23.2 Å². The number of rotatable bonds is 2. The molecule has 0 spiro atoms. The summed E-state index contributed by atoms with van der Waals surface area (Å²) in [5.74, 6) is 0. The first-order valence-electron chi connectivity index (χ1n) is 7.17. The van der Waals surface area contributed by atoms with Crippen LogP contribution < -0.4 is 10.2 Å². The van der Waals surface area contributed by atoms with Crippen molar-refractivity contribution >= 4 is 28.9 Å². The Hall–Kier alpha value is -1.22. The molecule has 0 fully saturated rings. The van der Waals surface area contributed by atoms with Gasteiger partial charge in [0.1, 0.15) is 0 Å². The molecule has 3 rings (SSSR count). The second kappa shape index (κ2) is 6.27. The van der Waals surface area contributed by atoms with Gasteiger partial charge in [-0.25, -0.2) is 0 Å². The van der Waals surface area contributed by atoms with Gasteiger partial charge in [0.25, 0.3) is 0 Å². The minimum absolute atomic E-state index is 0.251. The van der Waals surface area contributed by atoms with Gasteiger partial charge in [-0.15, -0.1) is 0 Å². The maximum Gasteiger partial charge on any atom is 0.0595 e. The summed E-state index contributed by atoms with van der Waals surface area (Å²) in [7, 11) is 0. The Bertz CT molecular complexity index is 642. The van der Waals surface area contributed by atoms with Gasteiger partial charge < -0.3 is 10.2 Å². The Labute approximate surface area is 135 Å². The van der Waals surface area contributed by atoms with E-state index in [-0.39, 0.29) is 6.04 Å². The van der Waals surface area contributed by atoms with E-state index in [0.717, 1.165) is 19.6 Å². The monoisotopic (exact) mass is 320 g/mol. The average Bonchev–Trinajstić information content (AvgIpc) is 2.71. The molecule has 2 nitrogen and oxygen atoms in total. The molecule has 0 aliphatic carbocycles. The molecule has 0 radical (unpaired) electrons. The van der Waals surface area contributed by atoms with Gasteiger partial charge in [0.2, 0.25) is 0 Å². The van der Waals surface area contributed by atoms with E-state index in [1.807, 2.05) is 12.1 Å². The maximum absolute atomic E-state index is 6.17. The molecule has 0 saturated heterocycles. The number of fused-ring (bicyclic) bond motifs is 1. The predicted molar refractivity (Wildman–Crippen MR) is 90.4 cm³/mol. The average molecular weight is 321 g/mol. The molecule has 110 valence electrons. The number of para-hydroxylation sites is 1. The van der Waals surface area contributed by atoms with E-state index in [0.29, 0.717) is 10.0 Å². The topological polar surface area (TPSA) is 15.3 Å². The predicted octanol–water partition coefficient (Wildman–Crippen LogP) is 4.66. The highest BCUT2D eigenvalue weighted by molar-refractivity contribution is 6.42. The lowest BCUT2D eigenvalue weighted by molar-refractivity contribution is 0.639. The van der Waals surface area contributed by atoms with Crippen LogP contribution in [0.5, 0.6) is 0 Å². The fourth-order valence-electron chi connectivity index (χ4n) is 2.84. The minimum Gasteiger partial charge on any atom is -0.363 e. The molecular weight excluding hydrogens is 303 g/mol. The number of hydrogen-bond acceptors (Lipinski definition) is 2. The van der Waals surface area contributed by atoms with Crippen molar-refractivity contribution in [2.24, 2.45) is 0 Å². The molecule has 21 heavy (non-hydrogen) atoms. The SMILES string of the molecule is CC(c1ccc(Cl)c(Cl)c1)N1CCNCc2ccccc21. The first-order valence-corrected chi connectivity index (χ1v) is 7.92. The Kier molecular flexibility index (Phi) is 4.39. The van der Waals surface area contributed by atoms with E-state index >= 15 is 0 Å². The van der Waals surface area contributed by atoms with Crippen molar-refractivity contribution in [2.45, 2.75) is 19.5 Å². The highest BCUT2D eigenvalue weighted by atomic mass is 35.5. The Morgan fingerprint density at radius 2 is 1.90 bits per heavy atom. The van der Waals surface area contributed by atoms with Crippen LogP contribution in [0.15, 0.2) is 42.5 Å². The van der Waals surface area contributed by atoms with Crippen molar-refractivity contribution in [1.29, 1.82) is 0 Å². The summed E-state index contributed by atoms with van der Waals surface area (Å²) >= 11 is 12.2. The lowest BCUT2D eigenvalue weighted by atomic mass is 10.0. The molecule has 0 saturated carbocycles. The fourth-order valence-corrected chi connectivity index (χ4v) is 3.14. The van der Waals surface area contributed by atoms with Gasteiger partial charge in [-0.05, 0) is 36.2 Å². The number of nitrogens with one attached hydrogen (secondary N) is 1. The van der Waals surface area contributed by atoms with Gasteiger partial charge in [-0.2, -0.15) is 0 Å². The maximum atomic E-state index is 6.17. The van der Waals surface area contributed by atoms with Crippen LogP contribution in [0.1, 0.15) is 24.1 Å². The van der Waals surface area contributed by atoms with Crippen LogP contribution in [0.25, 0.3) is 0 Å². The molecular formula is C17H18Cl2N2. The first-order chi connectivity index (χ1) is 10.2. The van der Waals surface area contributed by atoms with Crippen molar-refractivity contribution < 1.29 is 0 Å². The van der Waals surface area contributed by atoms with E-state index in [1.165, 1.54) is 16.8 Å². The summed E-state index contributed by atoms with van der Waals surface area (Å²) in [5, 5.41) is 4.69. The van der Waals surface area contributed by atoms with Crippen LogP contribution in [0.3, 0.4) is 0 Å². The van der Waals surface area contributed by atoms with Crippen LogP contribution >= 0.6 is 23.2 Å². The van der Waals surface area contributed by atoms with E-state index in [2.05, 4.69) is 47.5 Å². The van der Waals surface area contributed by atoms with Gasteiger partial charge in [-0.1, -0.05) is 47.5 Å². The van der Waals surface area contributed by atoms with E-state index in [1.54, 1.807) is 0 Å². The number of anilines is 1. The summed E-state index contributed by atoms with van der Waals surface area (Å²) in [6.07, 6.45) is 0. The quantitative estimate of drug-likeness (QED) is 0.865. The van der Waals surface area contributed by atoms with E-state index < -0.39 is 0 Å². The zero-order valence-corrected chi connectivity index (χ0v) is 13.5. The number of benzene rings is 2. The third-order valence-corrected chi connectivity index (χ3v) is 4.78. The summed E-state index contributed by atoms with van der Waals surface area (Å²) in [4.78, 5) is 2.43. The summed E-state index contributed by atoms with van der Waals surface area (Å²) in [5.41, 5.74) is 3.81. The molecule has 0 aromatic heterocycles. The molecule has 1 atom stereocenters. The smallest absolute Gasteiger partial charge is 0.0595 e. The number of hydrogen-bond donors (Lipinski definition) is 1. The van der Waals surface area contributed by atoms with Crippen LogP contribution in [0.4, 0.5) is 5.69 Å². The van der Waals surface area contributed by atoms with Crippen molar-refractivity contribution in [3.8, 4) is 0 Å². The molecule has 0 bridgehead atoms. The Morgan fingerprint density at radius 3 is 2.71 bits per heavy atom. The van der Waals surface area contributed by atoms with Crippen molar-refractivity contribution in [2.75, 3.05) is 18.0 Å². The second-order valence-electron chi connectivity index (χ2n) is 5.35. The normalized spacial score (nSPS) is 16.2. The van der Waals surface area contributed by atoms with Gasteiger partial charge >= 0.3 is 0 Å². The molecule has 1 heterocycles. The summed E-state index contributed by atoms with van der Waals surface area (Å²) < 4.78 is 0. The van der Waals surface area contributed by atoms with Gasteiger partial charge in [0.05, 0.1) is 16.1 Å². The van der Waals surface area contributed by atoms with Gasteiger partial charge in [0.15, 0.2) is 0 Å². The lowest BCUT2D eigenvalue weighted by Crippen LogP contribution is -2.31. The molecule has 2 aromatic carbocycles. The second-order valence-corrected chi connectivity index (χ2v) is 6.16. The Balaban J connectivity index is 1.96. The summed E-state index contributed by atoms with van der Waals surface area (Å²) in [6, 6.07) is 14.7. The first kappa shape index (κ1) is 14.7. The number of nitrogens with zero attached hydrogens (tertiary/aromatic N) is 1. The number of halogens is 2. The standard InChI is InChI=1S/C17H18Cl2N2/c1-12(13-6-7-15(18)16(19)10-13)21-9-8-20-11-14-4-2-3-5-17(14)21/h2-7,10,12,20H,8-9,11H2,1H3. The molecule has 0 amide bonds. The molecule has 1 N–H and O–H groups in total. The minimum atomic E-state index is 0.251. The van der Waals surface area contributed by atoms with Crippen LogP contribution in [-0.4, -0.2) is 13.1 Å². The van der Waals surface area contributed by atoms with Crippen molar-refractivity contribution in [1.82, 2.24) is 5.32 Å². The third kappa shape index (κ3) is 3.03. The van der Waals surface area contributed by atoms with Crippen molar-refractivity contribution in [3.63, 3.8) is 0 Å². The van der Waals surface area contributed by atoms with Crippen molar-refractivity contribution in [3.05, 3.63) is 63.6 Å². The fraction of sp³-hybridized carbons (Fsp3) is 0.294. The van der Waals surface area contributed by atoms with Crippen LogP contribution in [0.2, 0.25) is 10.0 Å². The van der Waals surface area contributed by atoms with Crippen LogP contribution in [-0.2, 0) is 6.54 Å². The van der Waals surface area contributed by atoms with Gasteiger partial charge in [-0.3, -0.25) is 0 Å². The molecule has 2 aromatic rings. The Morgan fingerprint density at radius 1 is 1.10 bits per heavy atom. The highest BCUT2D eigenvalue weighted by Crippen LogP contribution is 2.33. The lowest BCUT2D eigenvalue weighted by Gasteiger charge is -2.31. The zero-order valence-electron chi connectivity index (χ0n) is 11.9. The van der Waals surface area contributed by atoms with E-state index in [9.17, 15) is 0 Å². The molecule has 1 aliphatic heterocycles. The largest absolute Gasteiger partial charge is 0.363 e. The summed E-state index contributed by atoms with van der Waals surface area (Å²) in [6.45, 7) is 5.07.